The van der Waals surface area contributed by atoms with Crippen molar-refractivity contribution in [1.82, 2.24) is 9.78 Å². The number of hydrogen-bond donors (Lipinski definition) is 2. The predicted octanol–water partition coefficient (Wildman–Crippen LogP) is 2.95. The molecule has 0 fully saturated rings. The quantitative estimate of drug-likeness (QED) is 0.772. The van der Waals surface area contributed by atoms with Gasteiger partial charge in [0.2, 0.25) is 0 Å². The molecule has 7 heteroatoms. The van der Waals surface area contributed by atoms with Crippen molar-refractivity contribution < 1.29 is 19.4 Å². The van der Waals surface area contributed by atoms with Gasteiger partial charge in [0.05, 0.1) is 5.69 Å². The summed E-state index contributed by atoms with van der Waals surface area (Å²) in [7, 11) is 0. The third kappa shape index (κ3) is 2.57. The number of carbonyl (C=O) groups is 1. The number of aromatic nitrogens is 2. The van der Waals surface area contributed by atoms with Gasteiger partial charge in [-0.1, -0.05) is 30.3 Å². The van der Waals surface area contributed by atoms with Gasteiger partial charge in [-0.15, -0.1) is 0 Å². The standard InChI is InChI=1S/C17H10FN3O3/c18-13-6-11(7-15(22)16(13)17(23)24)21-9-12(14(8-19)20-21)10-4-2-1-3-5-10/h1-7,9,22H,(H,23,24). The summed E-state index contributed by atoms with van der Waals surface area (Å²) >= 11 is 0. The lowest BCUT2D eigenvalue weighted by molar-refractivity contribution is 0.0688. The van der Waals surface area contributed by atoms with E-state index in [0.29, 0.717) is 5.56 Å². The summed E-state index contributed by atoms with van der Waals surface area (Å²) in [5.41, 5.74) is 0.722. The highest BCUT2D eigenvalue weighted by atomic mass is 19.1. The molecule has 0 bridgehead atoms. The molecule has 0 aliphatic heterocycles. The van der Waals surface area contributed by atoms with Crippen LogP contribution in [0.25, 0.3) is 16.8 Å². The van der Waals surface area contributed by atoms with Gasteiger partial charge in [-0.2, -0.15) is 10.4 Å². The van der Waals surface area contributed by atoms with E-state index in [9.17, 15) is 19.6 Å². The van der Waals surface area contributed by atoms with Crippen LogP contribution in [0.1, 0.15) is 16.1 Å². The maximum Gasteiger partial charge on any atom is 0.342 e. The first kappa shape index (κ1) is 15.2. The van der Waals surface area contributed by atoms with Crippen LogP contribution in [0, 0.1) is 17.1 Å². The number of aromatic hydroxyl groups is 1. The zero-order chi connectivity index (χ0) is 17.3. The van der Waals surface area contributed by atoms with E-state index < -0.39 is 23.1 Å². The number of hydrogen-bond acceptors (Lipinski definition) is 4. The Balaban J connectivity index is 2.14. The lowest BCUT2D eigenvalue weighted by atomic mass is 10.1. The highest BCUT2D eigenvalue weighted by Crippen LogP contribution is 2.27. The van der Waals surface area contributed by atoms with E-state index in [1.165, 1.54) is 10.9 Å². The zero-order valence-corrected chi connectivity index (χ0v) is 12.1. The number of aromatic carboxylic acids is 1. The SMILES string of the molecule is N#Cc1nn(-c2cc(O)c(C(=O)O)c(F)c2)cc1-c1ccccc1. The number of carboxylic acids is 1. The molecule has 0 radical (unpaired) electrons. The van der Waals surface area contributed by atoms with Gasteiger partial charge in [0.15, 0.2) is 5.69 Å². The van der Waals surface area contributed by atoms with Crippen LogP contribution >= 0.6 is 0 Å². The predicted molar refractivity (Wildman–Crippen MR) is 82.3 cm³/mol. The van der Waals surface area contributed by atoms with Gasteiger partial charge in [-0.05, 0) is 5.56 Å². The molecule has 0 spiro atoms. The van der Waals surface area contributed by atoms with Crippen molar-refractivity contribution >= 4 is 5.97 Å². The minimum atomic E-state index is -1.57. The van der Waals surface area contributed by atoms with Crippen molar-refractivity contribution in [3.8, 4) is 28.6 Å². The lowest BCUT2D eigenvalue weighted by Crippen LogP contribution is -2.04. The van der Waals surface area contributed by atoms with Gasteiger partial charge in [-0.3, -0.25) is 0 Å². The van der Waals surface area contributed by atoms with Crippen molar-refractivity contribution in [2.45, 2.75) is 0 Å². The van der Waals surface area contributed by atoms with Crippen LogP contribution in [0.5, 0.6) is 5.75 Å². The fourth-order valence-corrected chi connectivity index (χ4v) is 2.34. The topological polar surface area (TPSA) is 99.1 Å². The Kier molecular flexibility index (Phi) is 3.72. The second kappa shape index (κ2) is 5.85. The number of nitrogens with zero attached hydrogens (tertiary/aromatic N) is 3. The number of rotatable bonds is 3. The summed E-state index contributed by atoms with van der Waals surface area (Å²) in [5.74, 6) is -3.37. The fourth-order valence-electron chi connectivity index (χ4n) is 2.34. The van der Waals surface area contributed by atoms with E-state index in [0.717, 1.165) is 17.7 Å². The molecule has 0 aliphatic carbocycles. The Morgan fingerprint density at radius 3 is 2.54 bits per heavy atom. The summed E-state index contributed by atoms with van der Waals surface area (Å²) in [6.45, 7) is 0. The molecule has 3 aromatic rings. The third-order valence-electron chi connectivity index (χ3n) is 3.44. The van der Waals surface area contributed by atoms with E-state index in [2.05, 4.69) is 5.10 Å². The van der Waals surface area contributed by atoms with E-state index >= 15 is 0 Å². The van der Waals surface area contributed by atoms with Crippen LogP contribution in [0.2, 0.25) is 0 Å². The Morgan fingerprint density at radius 1 is 1.25 bits per heavy atom. The van der Waals surface area contributed by atoms with Crippen LogP contribution in [0.4, 0.5) is 4.39 Å². The molecule has 0 amide bonds. The van der Waals surface area contributed by atoms with Gasteiger partial charge < -0.3 is 10.2 Å². The lowest BCUT2D eigenvalue weighted by Gasteiger charge is -2.06. The first-order valence-corrected chi connectivity index (χ1v) is 6.82. The van der Waals surface area contributed by atoms with Crippen molar-refractivity contribution in [2.75, 3.05) is 0 Å². The van der Waals surface area contributed by atoms with E-state index in [4.69, 9.17) is 5.11 Å². The minimum Gasteiger partial charge on any atom is -0.507 e. The molecule has 1 aromatic heterocycles. The molecule has 1 heterocycles. The maximum absolute atomic E-state index is 13.9. The Morgan fingerprint density at radius 2 is 1.96 bits per heavy atom. The Hall–Kier alpha value is -3.66. The number of halogens is 1. The average molecular weight is 323 g/mol. The summed E-state index contributed by atoms with van der Waals surface area (Å²) in [6.07, 6.45) is 1.52. The first-order valence-electron chi connectivity index (χ1n) is 6.82. The molecule has 118 valence electrons. The average Bonchev–Trinajstić information content (AvgIpc) is 2.99. The number of phenols is 1. The van der Waals surface area contributed by atoms with Gasteiger partial charge in [0.1, 0.15) is 23.2 Å². The molecular weight excluding hydrogens is 313 g/mol. The van der Waals surface area contributed by atoms with Crippen molar-refractivity contribution in [1.29, 1.82) is 5.26 Å². The van der Waals surface area contributed by atoms with Crippen molar-refractivity contribution in [3.05, 3.63) is 65.7 Å². The van der Waals surface area contributed by atoms with E-state index in [-0.39, 0.29) is 11.4 Å². The molecule has 6 nitrogen and oxygen atoms in total. The van der Waals surface area contributed by atoms with E-state index in [1.807, 2.05) is 12.1 Å². The summed E-state index contributed by atoms with van der Waals surface area (Å²) in [4.78, 5) is 10.9. The van der Waals surface area contributed by atoms with E-state index in [1.54, 1.807) is 24.3 Å². The molecule has 0 aliphatic rings. The summed E-state index contributed by atoms with van der Waals surface area (Å²) in [5, 5.41) is 31.9. The summed E-state index contributed by atoms with van der Waals surface area (Å²) in [6, 6.07) is 13.0. The highest BCUT2D eigenvalue weighted by Gasteiger charge is 2.19. The van der Waals surface area contributed by atoms with Gasteiger partial charge >= 0.3 is 5.97 Å². The molecule has 0 saturated heterocycles. The fraction of sp³-hybridized carbons (Fsp3) is 0. The number of benzene rings is 2. The molecule has 0 saturated carbocycles. The first-order chi connectivity index (χ1) is 11.5. The maximum atomic E-state index is 13.9. The number of carboxylic acid groups (broad SMARTS) is 1. The molecule has 2 N–H and O–H groups in total. The molecular formula is C17H10FN3O3. The van der Waals surface area contributed by atoms with Gasteiger partial charge in [-0.25, -0.2) is 13.9 Å². The second-order valence-corrected chi connectivity index (χ2v) is 4.94. The largest absolute Gasteiger partial charge is 0.507 e. The number of nitriles is 1. The third-order valence-corrected chi connectivity index (χ3v) is 3.44. The van der Waals surface area contributed by atoms with Crippen LogP contribution in [-0.4, -0.2) is 26.0 Å². The minimum absolute atomic E-state index is 0.105. The van der Waals surface area contributed by atoms with Crippen LogP contribution in [-0.2, 0) is 0 Å². The normalized spacial score (nSPS) is 10.3. The van der Waals surface area contributed by atoms with Gasteiger partial charge in [0, 0.05) is 23.9 Å². The molecule has 0 unspecified atom stereocenters. The van der Waals surface area contributed by atoms with Crippen LogP contribution in [0.3, 0.4) is 0 Å². The smallest absolute Gasteiger partial charge is 0.342 e. The molecule has 3 rings (SSSR count). The van der Waals surface area contributed by atoms with Crippen molar-refractivity contribution in [2.24, 2.45) is 0 Å². The Bertz CT molecular complexity index is 951. The Labute approximate surface area is 135 Å². The molecule has 0 atom stereocenters. The van der Waals surface area contributed by atoms with Crippen molar-refractivity contribution in [3.63, 3.8) is 0 Å². The highest BCUT2D eigenvalue weighted by molar-refractivity contribution is 5.91. The zero-order valence-electron chi connectivity index (χ0n) is 12.1. The summed E-state index contributed by atoms with van der Waals surface area (Å²) < 4.78 is 15.1. The monoisotopic (exact) mass is 323 g/mol. The van der Waals surface area contributed by atoms with Crippen LogP contribution < -0.4 is 0 Å². The molecule has 24 heavy (non-hydrogen) atoms. The van der Waals surface area contributed by atoms with Crippen LogP contribution in [0.15, 0.2) is 48.7 Å². The van der Waals surface area contributed by atoms with Gasteiger partial charge in [0.25, 0.3) is 0 Å². The second-order valence-electron chi connectivity index (χ2n) is 4.94. The molecule has 2 aromatic carbocycles.